The minimum Gasteiger partial charge on any atom is -0.343 e. The van der Waals surface area contributed by atoms with Crippen LogP contribution in [0.3, 0.4) is 0 Å². The molecule has 6 heteroatoms. The topological polar surface area (TPSA) is 64.7 Å². The Morgan fingerprint density at radius 1 is 0.833 bits per heavy atom. The Hall–Kier alpha value is -2.70. The summed E-state index contributed by atoms with van der Waals surface area (Å²) in [4.78, 5) is 31.8. The smallest absolute Gasteiger partial charge is 0.245 e. The number of amides is 2. The van der Waals surface area contributed by atoms with Crippen molar-refractivity contribution in [1.82, 2.24) is 20.4 Å². The van der Waals surface area contributed by atoms with Gasteiger partial charge in [0.2, 0.25) is 11.8 Å². The summed E-state index contributed by atoms with van der Waals surface area (Å²) in [5, 5.41) is 6.23. The lowest BCUT2D eigenvalue weighted by Crippen LogP contribution is -2.57. The number of hydrogen-bond donors (Lipinski definition) is 2. The quantitative estimate of drug-likeness (QED) is 0.256. The van der Waals surface area contributed by atoms with E-state index in [0.29, 0.717) is 0 Å². The summed E-state index contributed by atoms with van der Waals surface area (Å²) in [5.74, 6) is 0.309. The number of benzene rings is 2. The van der Waals surface area contributed by atoms with Crippen LogP contribution >= 0.6 is 0 Å². The highest BCUT2D eigenvalue weighted by atomic mass is 16.2. The molecule has 0 aromatic heterocycles. The van der Waals surface area contributed by atoms with E-state index in [-0.39, 0.29) is 29.8 Å². The fraction of sp³-hybridized carbons (Fsp3) is 0.611. The molecular formula is C36H54N4O2. The summed E-state index contributed by atoms with van der Waals surface area (Å²) in [6.45, 7) is 5.64. The van der Waals surface area contributed by atoms with Crippen LogP contribution in [0.25, 0.3) is 0 Å². The van der Waals surface area contributed by atoms with E-state index < -0.39 is 6.04 Å². The lowest BCUT2D eigenvalue weighted by Gasteiger charge is -2.37. The molecular weight excluding hydrogens is 520 g/mol. The Bertz CT molecular complexity index is 1060. The first-order chi connectivity index (χ1) is 20.5. The summed E-state index contributed by atoms with van der Waals surface area (Å²) in [6.07, 6.45) is 13.4. The maximum absolute atomic E-state index is 14.2. The molecule has 1 aliphatic heterocycles. The van der Waals surface area contributed by atoms with Crippen molar-refractivity contribution in [3.8, 4) is 0 Å². The monoisotopic (exact) mass is 574 g/mol. The van der Waals surface area contributed by atoms with E-state index in [2.05, 4.69) is 81.1 Å². The van der Waals surface area contributed by atoms with Gasteiger partial charge >= 0.3 is 0 Å². The van der Waals surface area contributed by atoms with Crippen molar-refractivity contribution in [2.24, 2.45) is 5.92 Å². The third kappa shape index (κ3) is 9.95. The second kappa shape index (κ2) is 17.4. The Balaban J connectivity index is 1.38. The maximum Gasteiger partial charge on any atom is 0.245 e. The Kier molecular flexibility index (Phi) is 13.4. The number of aryl methyl sites for hydroxylation is 1. The molecule has 42 heavy (non-hydrogen) atoms. The highest BCUT2D eigenvalue weighted by Crippen LogP contribution is 2.29. The average molecular weight is 575 g/mol. The fourth-order valence-corrected chi connectivity index (χ4v) is 6.76. The van der Waals surface area contributed by atoms with E-state index in [1.54, 1.807) is 7.05 Å². The summed E-state index contributed by atoms with van der Waals surface area (Å²) >= 11 is 0. The van der Waals surface area contributed by atoms with Crippen LogP contribution in [0.1, 0.15) is 82.3 Å². The van der Waals surface area contributed by atoms with Crippen LogP contribution in [0.2, 0.25) is 0 Å². The van der Waals surface area contributed by atoms with Crippen LogP contribution in [0.15, 0.2) is 60.7 Å². The van der Waals surface area contributed by atoms with Crippen molar-refractivity contribution in [3.63, 3.8) is 0 Å². The number of rotatable bonds is 16. The van der Waals surface area contributed by atoms with Gasteiger partial charge in [0.1, 0.15) is 6.04 Å². The van der Waals surface area contributed by atoms with Crippen LogP contribution in [-0.4, -0.2) is 73.0 Å². The molecule has 3 atom stereocenters. The van der Waals surface area contributed by atoms with Crippen molar-refractivity contribution < 1.29 is 9.59 Å². The van der Waals surface area contributed by atoms with E-state index in [4.69, 9.17) is 0 Å². The van der Waals surface area contributed by atoms with Crippen molar-refractivity contribution in [3.05, 3.63) is 71.8 Å². The molecule has 1 aliphatic carbocycles. The zero-order valence-corrected chi connectivity index (χ0v) is 26.1. The molecule has 2 fully saturated rings. The molecule has 230 valence electrons. The van der Waals surface area contributed by atoms with Crippen LogP contribution in [-0.2, 0) is 22.4 Å². The van der Waals surface area contributed by atoms with E-state index in [1.807, 2.05) is 6.92 Å². The SMILES string of the molecule is CN[C@@H](C)C(=O)N[C@H](C(=O)N1CCC[C@H]1CN(CCCCCc1ccccc1)CCc1ccccc1)C1CCCCC1. The van der Waals surface area contributed by atoms with Crippen LogP contribution < -0.4 is 10.6 Å². The van der Waals surface area contributed by atoms with Crippen molar-refractivity contribution >= 4 is 11.8 Å². The molecule has 1 heterocycles. The van der Waals surface area contributed by atoms with Crippen molar-refractivity contribution in [1.29, 1.82) is 0 Å². The second-order valence-electron chi connectivity index (χ2n) is 12.6. The van der Waals surface area contributed by atoms with Gasteiger partial charge in [0, 0.05) is 25.7 Å². The zero-order valence-electron chi connectivity index (χ0n) is 26.1. The first-order valence-corrected chi connectivity index (χ1v) is 16.6. The van der Waals surface area contributed by atoms with Gasteiger partial charge in [-0.05, 0) is 88.9 Å². The minimum absolute atomic E-state index is 0.0721. The lowest BCUT2D eigenvalue weighted by molar-refractivity contribution is -0.139. The summed E-state index contributed by atoms with van der Waals surface area (Å²) < 4.78 is 0. The van der Waals surface area contributed by atoms with Gasteiger partial charge in [0.05, 0.1) is 6.04 Å². The molecule has 1 saturated carbocycles. The first kappa shape index (κ1) is 32.2. The number of likely N-dealkylation sites (N-methyl/N-ethyl adjacent to an activating group) is 1. The number of carbonyl (C=O) groups excluding carboxylic acids is 2. The Morgan fingerprint density at radius 3 is 2.17 bits per heavy atom. The number of nitrogens with one attached hydrogen (secondary N) is 2. The fourth-order valence-electron chi connectivity index (χ4n) is 6.76. The number of carbonyl (C=O) groups is 2. The van der Waals surface area contributed by atoms with E-state index in [1.165, 1.54) is 36.8 Å². The van der Waals surface area contributed by atoms with Gasteiger partial charge in [-0.15, -0.1) is 0 Å². The molecule has 2 aromatic carbocycles. The third-order valence-corrected chi connectivity index (χ3v) is 9.48. The Morgan fingerprint density at radius 2 is 1.50 bits per heavy atom. The molecule has 0 bridgehead atoms. The van der Waals surface area contributed by atoms with E-state index in [0.717, 1.165) is 77.5 Å². The second-order valence-corrected chi connectivity index (χ2v) is 12.6. The van der Waals surface area contributed by atoms with Crippen molar-refractivity contribution in [2.75, 3.05) is 33.2 Å². The predicted octanol–water partition coefficient (Wildman–Crippen LogP) is 5.61. The summed E-state index contributed by atoms with van der Waals surface area (Å²) in [6, 6.07) is 21.0. The van der Waals surface area contributed by atoms with Crippen LogP contribution in [0.4, 0.5) is 0 Å². The van der Waals surface area contributed by atoms with Gasteiger partial charge in [-0.3, -0.25) is 9.59 Å². The molecule has 6 nitrogen and oxygen atoms in total. The van der Waals surface area contributed by atoms with Crippen molar-refractivity contribution in [2.45, 2.75) is 102 Å². The largest absolute Gasteiger partial charge is 0.343 e. The molecule has 2 aromatic rings. The lowest BCUT2D eigenvalue weighted by atomic mass is 9.83. The summed E-state index contributed by atoms with van der Waals surface area (Å²) in [5.41, 5.74) is 2.78. The number of hydrogen-bond acceptors (Lipinski definition) is 4. The van der Waals surface area contributed by atoms with Gasteiger partial charge in [-0.1, -0.05) is 86.3 Å². The number of unbranched alkanes of at least 4 members (excludes halogenated alkanes) is 2. The third-order valence-electron chi connectivity index (χ3n) is 9.48. The standard InChI is InChI=1S/C36H54N4O2/c1-29(37-2)35(41)38-34(32-21-12-5-13-22-32)36(42)40-26-15-23-33(40)28-39(27-24-31-19-9-4-10-20-31)25-14-6-11-18-30-16-7-3-8-17-30/h3-4,7-10,16-17,19-20,29,32-34,37H,5-6,11-15,18,21-28H2,1-2H3,(H,38,41)/t29-,33-,34-/m0/s1. The van der Waals surface area contributed by atoms with Crippen LogP contribution in [0.5, 0.6) is 0 Å². The van der Waals surface area contributed by atoms with Gasteiger partial charge in [0.25, 0.3) is 0 Å². The first-order valence-electron chi connectivity index (χ1n) is 16.6. The zero-order chi connectivity index (χ0) is 29.6. The normalized spacial score (nSPS) is 19.1. The highest BCUT2D eigenvalue weighted by molar-refractivity contribution is 5.90. The molecule has 0 radical (unpaired) electrons. The maximum atomic E-state index is 14.2. The molecule has 0 unspecified atom stereocenters. The Labute approximate surface area is 254 Å². The number of likely N-dealkylation sites (tertiary alicyclic amines) is 1. The van der Waals surface area contributed by atoms with Gasteiger partial charge in [-0.2, -0.15) is 0 Å². The molecule has 2 amide bonds. The average Bonchev–Trinajstić information content (AvgIpc) is 3.50. The summed E-state index contributed by atoms with van der Waals surface area (Å²) in [7, 11) is 1.80. The highest BCUT2D eigenvalue weighted by Gasteiger charge is 2.39. The molecule has 0 spiro atoms. The molecule has 4 rings (SSSR count). The van der Waals surface area contributed by atoms with Gasteiger partial charge in [-0.25, -0.2) is 0 Å². The molecule has 2 aliphatic rings. The number of nitrogens with zero attached hydrogens (tertiary/aromatic N) is 2. The van der Waals surface area contributed by atoms with E-state index >= 15 is 0 Å². The van der Waals surface area contributed by atoms with Gasteiger partial charge in [0.15, 0.2) is 0 Å². The van der Waals surface area contributed by atoms with E-state index in [9.17, 15) is 9.59 Å². The molecule has 1 saturated heterocycles. The molecule has 2 N–H and O–H groups in total. The predicted molar refractivity (Wildman–Crippen MR) is 172 cm³/mol. The van der Waals surface area contributed by atoms with Crippen LogP contribution in [0, 0.1) is 5.92 Å². The van der Waals surface area contributed by atoms with Gasteiger partial charge < -0.3 is 20.4 Å². The minimum atomic E-state index is -0.412.